The molecule has 36 heavy (non-hydrogen) atoms. The first kappa shape index (κ1) is 21.3. The molecule has 174 valence electrons. The molecule has 0 atom stereocenters. The van der Waals surface area contributed by atoms with Crippen LogP contribution in [-0.2, 0) is 0 Å². The topological polar surface area (TPSA) is 138 Å². The van der Waals surface area contributed by atoms with Crippen molar-refractivity contribution in [3.8, 4) is 28.7 Å². The number of hydrogen-bond donors (Lipinski definition) is 3. The second kappa shape index (κ2) is 7.38. The number of ether oxygens (including phenoxy) is 1. The Bertz CT molecular complexity index is 1710. The van der Waals surface area contributed by atoms with Crippen molar-refractivity contribution in [3.05, 3.63) is 111 Å². The Morgan fingerprint density at radius 2 is 1.03 bits per heavy atom. The number of phenols is 3. The van der Waals surface area contributed by atoms with Crippen molar-refractivity contribution in [1.29, 1.82) is 0 Å². The van der Waals surface area contributed by atoms with Crippen LogP contribution >= 0.6 is 0 Å². The van der Waals surface area contributed by atoms with Gasteiger partial charge in [0.25, 0.3) is 0 Å². The van der Waals surface area contributed by atoms with Gasteiger partial charge in [-0.3, -0.25) is 19.2 Å². The molecule has 0 spiro atoms. The molecule has 3 N–H and O–H groups in total. The van der Waals surface area contributed by atoms with Crippen molar-refractivity contribution < 1.29 is 39.2 Å². The molecule has 0 aromatic heterocycles. The average Bonchev–Trinajstić information content (AvgIpc) is 2.88. The normalized spacial score (nSPS) is 13.6. The van der Waals surface area contributed by atoms with Gasteiger partial charge in [-0.25, -0.2) is 0 Å². The van der Waals surface area contributed by atoms with Crippen LogP contribution in [0, 0.1) is 0 Å². The van der Waals surface area contributed by atoms with E-state index in [1.807, 2.05) is 0 Å². The first-order valence-electron chi connectivity index (χ1n) is 10.8. The zero-order valence-electron chi connectivity index (χ0n) is 18.2. The summed E-state index contributed by atoms with van der Waals surface area (Å²) in [5.41, 5.74) is -0.383. The lowest BCUT2D eigenvalue weighted by Crippen LogP contribution is -2.21. The predicted molar refractivity (Wildman–Crippen MR) is 125 cm³/mol. The van der Waals surface area contributed by atoms with E-state index in [0.29, 0.717) is 0 Å². The quantitative estimate of drug-likeness (QED) is 0.316. The van der Waals surface area contributed by atoms with Gasteiger partial charge in [0, 0.05) is 27.8 Å². The molecular formula is C28H14O8. The summed E-state index contributed by atoms with van der Waals surface area (Å²) in [5, 5.41) is 31.1. The Morgan fingerprint density at radius 3 is 1.69 bits per heavy atom. The molecule has 0 amide bonds. The van der Waals surface area contributed by atoms with Crippen molar-refractivity contribution in [3.63, 3.8) is 0 Å². The maximum absolute atomic E-state index is 13.1. The minimum absolute atomic E-state index is 0.00722. The largest absolute Gasteiger partial charge is 0.507 e. The monoisotopic (exact) mass is 478 g/mol. The van der Waals surface area contributed by atoms with Gasteiger partial charge in [0.1, 0.15) is 17.2 Å². The van der Waals surface area contributed by atoms with E-state index in [1.165, 1.54) is 36.4 Å². The molecule has 0 fully saturated rings. The summed E-state index contributed by atoms with van der Waals surface area (Å²) in [4.78, 5) is 51.9. The number of rotatable bonds is 2. The first-order chi connectivity index (χ1) is 17.3. The third kappa shape index (κ3) is 2.81. The molecule has 0 saturated carbocycles. The van der Waals surface area contributed by atoms with Crippen molar-refractivity contribution >= 4 is 23.1 Å². The standard InChI is InChI=1S/C28H14O8/c29-18-8-9-19(30)23-22(18)26(33)15-6-5-12(11-17(15)27(23)34)36-20-10-7-16-21(28(20)35)25(32)14-4-2-1-3-13(14)24(16)31/h1-11,29-30,35H. The van der Waals surface area contributed by atoms with E-state index in [0.717, 1.165) is 12.1 Å². The highest BCUT2D eigenvalue weighted by atomic mass is 16.5. The Morgan fingerprint density at radius 1 is 0.500 bits per heavy atom. The molecule has 0 saturated heterocycles. The zero-order valence-corrected chi connectivity index (χ0v) is 18.2. The van der Waals surface area contributed by atoms with Crippen LogP contribution < -0.4 is 4.74 Å². The van der Waals surface area contributed by atoms with Crippen LogP contribution in [0.25, 0.3) is 0 Å². The van der Waals surface area contributed by atoms with Crippen molar-refractivity contribution in [2.75, 3.05) is 0 Å². The van der Waals surface area contributed by atoms with Crippen LogP contribution in [0.4, 0.5) is 0 Å². The Kier molecular flexibility index (Phi) is 4.37. The number of carbonyl (C=O) groups is 4. The van der Waals surface area contributed by atoms with Crippen LogP contribution in [0.5, 0.6) is 28.7 Å². The smallest absolute Gasteiger partial charge is 0.198 e. The Balaban J connectivity index is 1.41. The second-order valence-electron chi connectivity index (χ2n) is 8.36. The molecule has 0 heterocycles. The first-order valence-corrected chi connectivity index (χ1v) is 10.8. The van der Waals surface area contributed by atoms with Gasteiger partial charge in [-0.2, -0.15) is 0 Å². The van der Waals surface area contributed by atoms with E-state index < -0.39 is 40.4 Å². The summed E-state index contributed by atoms with van der Waals surface area (Å²) >= 11 is 0. The Hall–Kier alpha value is -5.24. The van der Waals surface area contributed by atoms with E-state index >= 15 is 0 Å². The average molecular weight is 478 g/mol. The zero-order chi connectivity index (χ0) is 25.3. The van der Waals surface area contributed by atoms with Gasteiger partial charge in [-0.15, -0.1) is 0 Å². The summed E-state index contributed by atoms with van der Waals surface area (Å²) in [7, 11) is 0. The second-order valence-corrected chi connectivity index (χ2v) is 8.36. The number of fused-ring (bicyclic) bond motifs is 4. The minimum atomic E-state index is -0.689. The fourth-order valence-corrected chi connectivity index (χ4v) is 4.64. The fourth-order valence-electron chi connectivity index (χ4n) is 4.64. The van der Waals surface area contributed by atoms with Crippen LogP contribution in [0.1, 0.15) is 63.7 Å². The minimum Gasteiger partial charge on any atom is -0.507 e. The van der Waals surface area contributed by atoms with Gasteiger partial charge in [0.05, 0.1) is 16.7 Å². The summed E-state index contributed by atoms with van der Waals surface area (Å²) in [6, 6.07) is 15.3. The maximum Gasteiger partial charge on any atom is 0.198 e. The molecule has 0 bridgehead atoms. The Labute approximate surface area is 202 Å². The third-order valence-electron chi connectivity index (χ3n) is 6.35. The number of hydrogen-bond acceptors (Lipinski definition) is 8. The van der Waals surface area contributed by atoms with Gasteiger partial charge in [-0.1, -0.05) is 24.3 Å². The van der Waals surface area contributed by atoms with E-state index in [1.54, 1.807) is 18.2 Å². The molecular weight excluding hydrogens is 464 g/mol. The fraction of sp³-hybridized carbons (Fsp3) is 0. The molecule has 8 heteroatoms. The van der Waals surface area contributed by atoms with Gasteiger partial charge in [-0.05, 0) is 42.5 Å². The molecule has 8 nitrogen and oxygen atoms in total. The van der Waals surface area contributed by atoms with Gasteiger partial charge < -0.3 is 20.1 Å². The lowest BCUT2D eigenvalue weighted by molar-refractivity contribution is 0.0974. The number of ketones is 4. The molecule has 4 aromatic carbocycles. The van der Waals surface area contributed by atoms with Crippen LogP contribution in [0.15, 0.2) is 66.7 Å². The summed E-state index contributed by atoms with van der Waals surface area (Å²) < 4.78 is 5.75. The van der Waals surface area contributed by atoms with Gasteiger partial charge >= 0.3 is 0 Å². The lowest BCUT2D eigenvalue weighted by Gasteiger charge is -2.21. The molecule has 2 aliphatic carbocycles. The third-order valence-corrected chi connectivity index (χ3v) is 6.35. The van der Waals surface area contributed by atoms with Gasteiger partial charge in [0.15, 0.2) is 34.6 Å². The highest BCUT2D eigenvalue weighted by molar-refractivity contribution is 6.31. The lowest BCUT2D eigenvalue weighted by atomic mass is 9.83. The number of benzene rings is 4. The molecule has 0 aliphatic heterocycles. The van der Waals surface area contributed by atoms with E-state index in [2.05, 4.69) is 0 Å². The van der Waals surface area contributed by atoms with Crippen LogP contribution in [0.2, 0.25) is 0 Å². The van der Waals surface area contributed by atoms with E-state index in [-0.39, 0.29) is 56.0 Å². The van der Waals surface area contributed by atoms with E-state index in [4.69, 9.17) is 4.74 Å². The van der Waals surface area contributed by atoms with Crippen molar-refractivity contribution in [2.45, 2.75) is 0 Å². The van der Waals surface area contributed by atoms with Crippen molar-refractivity contribution in [1.82, 2.24) is 0 Å². The van der Waals surface area contributed by atoms with Crippen LogP contribution in [0.3, 0.4) is 0 Å². The predicted octanol–water partition coefficient (Wildman–Crippen LogP) is 4.15. The number of aromatic hydroxyl groups is 3. The molecule has 2 aliphatic rings. The summed E-state index contributed by atoms with van der Waals surface area (Å²) in [5.74, 6) is -3.74. The molecule has 0 radical (unpaired) electrons. The van der Waals surface area contributed by atoms with E-state index in [9.17, 15) is 34.5 Å². The maximum atomic E-state index is 13.1. The molecule has 0 unspecified atom stereocenters. The highest BCUT2D eigenvalue weighted by Crippen LogP contribution is 2.42. The molecule has 6 rings (SSSR count). The SMILES string of the molecule is O=C1c2ccccc2C(=O)c2c1ccc(Oc1ccc3c(c1)C(=O)c1c(O)ccc(O)c1C3=O)c2O. The number of phenolic OH excluding ortho intramolecular Hbond substituents is 3. The number of carbonyl (C=O) groups excluding carboxylic acids is 4. The van der Waals surface area contributed by atoms with Crippen LogP contribution in [-0.4, -0.2) is 38.5 Å². The highest BCUT2D eigenvalue weighted by Gasteiger charge is 2.36. The van der Waals surface area contributed by atoms with Crippen molar-refractivity contribution in [2.24, 2.45) is 0 Å². The summed E-state index contributed by atoms with van der Waals surface area (Å²) in [6.07, 6.45) is 0. The molecule has 4 aromatic rings. The summed E-state index contributed by atoms with van der Waals surface area (Å²) in [6.45, 7) is 0. The van der Waals surface area contributed by atoms with Gasteiger partial charge in [0.2, 0.25) is 0 Å².